The highest BCUT2D eigenvalue weighted by Crippen LogP contribution is 2.26. The summed E-state index contributed by atoms with van der Waals surface area (Å²) < 4.78 is 1.56. The highest BCUT2D eigenvalue weighted by atomic mass is 32.2. The molecule has 3 rings (SSSR count). The molecule has 0 bridgehead atoms. The molecular weight excluding hydrogens is 340 g/mol. The molecule has 25 heavy (non-hydrogen) atoms. The SMILES string of the molecule is CC(=O)Nc1ccc(NC(=O)C2CSc3ncc(C)c(=O)n3C2)cc1. The molecule has 1 atom stereocenters. The number of hydrogen-bond acceptors (Lipinski definition) is 5. The highest BCUT2D eigenvalue weighted by Gasteiger charge is 2.27. The van der Waals surface area contributed by atoms with Gasteiger partial charge in [-0.05, 0) is 31.2 Å². The molecule has 2 aromatic rings. The zero-order chi connectivity index (χ0) is 18.0. The molecule has 2 N–H and O–H groups in total. The van der Waals surface area contributed by atoms with Crippen LogP contribution in [0.15, 0.2) is 40.4 Å². The number of carbonyl (C=O) groups is 2. The summed E-state index contributed by atoms with van der Waals surface area (Å²) in [6, 6.07) is 6.90. The van der Waals surface area contributed by atoms with Crippen molar-refractivity contribution in [2.24, 2.45) is 5.92 Å². The molecule has 0 saturated carbocycles. The van der Waals surface area contributed by atoms with E-state index in [1.54, 1.807) is 42.0 Å². The van der Waals surface area contributed by atoms with Gasteiger partial charge in [0.15, 0.2) is 5.16 Å². The number of benzene rings is 1. The number of hydrogen-bond donors (Lipinski definition) is 2. The van der Waals surface area contributed by atoms with E-state index in [2.05, 4.69) is 15.6 Å². The quantitative estimate of drug-likeness (QED) is 0.817. The lowest BCUT2D eigenvalue weighted by Gasteiger charge is -2.24. The summed E-state index contributed by atoms with van der Waals surface area (Å²) in [5.74, 6) is -0.0256. The van der Waals surface area contributed by atoms with Gasteiger partial charge in [-0.1, -0.05) is 11.8 Å². The Hall–Kier alpha value is -2.61. The van der Waals surface area contributed by atoms with E-state index in [1.807, 2.05) is 0 Å². The predicted octanol–water partition coefficient (Wildman–Crippen LogP) is 1.87. The van der Waals surface area contributed by atoms with Crippen molar-refractivity contribution in [1.82, 2.24) is 9.55 Å². The number of thioether (sulfide) groups is 1. The Morgan fingerprint density at radius 3 is 2.48 bits per heavy atom. The van der Waals surface area contributed by atoms with Gasteiger partial charge < -0.3 is 10.6 Å². The van der Waals surface area contributed by atoms with E-state index in [0.29, 0.717) is 34.4 Å². The van der Waals surface area contributed by atoms with Crippen LogP contribution in [-0.2, 0) is 16.1 Å². The van der Waals surface area contributed by atoms with Crippen LogP contribution < -0.4 is 16.2 Å². The summed E-state index contributed by atoms with van der Waals surface area (Å²) in [6.07, 6.45) is 1.57. The second-order valence-electron chi connectivity index (χ2n) is 5.90. The van der Waals surface area contributed by atoms with E-state index in [1.165, 1.54) is 18.7 Å². The van der Waals surface area contributed by atoms with Crippen LogP contribution in [0, 0.1) is 12.8 Å². The molecule has 1 aliphatic heterocycles. The molecule has 2 heterocycles. The lowest BCUT2D eigenvalue weighted by Crippen LogP contribution is -2.37. The maximum atomic E-state index is 12.5. The third-order valence-electron chi connectivity index (χ3n) is 3.84. The zero-order valence-electron chi connectivity index (χ0n) is 13.9. The van der Waals surface area contributed by atoms with Crippen LogP contribution in [0.25, 0.3) is 0 Å². The monoisotopic (exact) mass is 358 g/mol. The summed E-state index contributed by atoms with van der Waals surface area (Å²) in [7, 11) is 0. The van der Waals surface area contributed by atoms with E-state index < -0.39 is 0 Å². The summed E-state index contributed by atoms with van der Waals surface area (Å²) in [4.78, 5) is 40.0. The number of amides is 2. The molecule has 0 spiro atoms. The van der Waals surface area contributed by atoms with Crippen molar-refractivity contribution in [2.45, 2.75) is 25.5 Å². The van der Waals surface area contributed by atoms with Crippen LogP contribution in [0.1, 0.15) is 12.5 Å². The van der Waals surface area contributed by atoms with Gasteiger partial charge in [0.2, 0.25) is 11.8 Å². The van der Waals surface area contributed by atoms with Gasteiger partial charge in [-0.15, -0.1) is 0 Å². The average Bonchev–Trinajstić information content (AvgIpc) is 2.59. The van der Waals surface area contributed by atoms with Gasteiger partial charge in [-0.3, -0.25) is 19.0 Å². The van der Waals surface area contributed by atoms with Gasteiger partial charge in [-0.25, -0.2) is 4.98 Å². The summed E-state index contributed by atoms with van der Waals surface area (Å²) in [6.45, 7) is 3.48. The van der Waals surface area contributed by atoms with Gasteiger partial charge in [0.05, 0.1) is 5.92 Å². The lowest BCUT2D eigenvalue weighted by atomic mass is 10.1. The Labute approximate surface area is 148 Å². The molecule has 2 amide bonds. The van der Waals surface area contributed by atoms with E-state index in [4.69, 9.17) is 0 Å². The highest BCUT2D eigenvalue weighted by molar-refractivity contribution is 7.99. The van der Waals surface area contributed by atoms with E-state index in [0.717, 1.165) is 0 Å². The molecular formula is C17H18N4O3S. The van der Waals surface area contributed by atoms with Crippen molar-refractivity contribution in [1.29, 1.82) is 0 Å². The van der Waals surface area contributed by atoms with Crippen molar-refractivity contribution in [3.63, 3.8) is 0 Å². The van der Waals surface area contributed by atoms with Crippen LogP contribution in [-0.4, -0.2) is 27.1 Å². The Balaban J connectivity index is 1.69. The van der Waals surface area contributed by atoms with Crippen molar-refractivity contribution in [2.75, 3.05) is 16.4 Å². The third-order valence-corrected chi connectivity index (χ3v) is 5.00. The lowest BCUT2D eigenvalue weighted by molar-refractivity contribution is -0.119. The van der Waals surface area contributed by atoms with Gasteiger partial charge >= 0.3 is 0 Å². The smallest absolute Gasteiger partial charge is 0.257 e. The summed E-state index contributed by atoms with van der Waals surface area (Å²) in [5.41, 5.74) is 1.78. The van der Waals surface area contributed by atoms with Crippen molar-refractivity contribution < 1.29 is 9.59 Å². The Morgan fingerprint density at radius 1 is 1.20 bits per heavy atom. The van der Waals surface area contributed by atoms with Gasteiger partial charge in [0.25, 0.3) is 5.56 Å². The number of nitrogens with zero attached hydrogens (tertiary/aromatic N) is 2. The fourth-order valence-corrected chi connectivity index (χ4v) is 3.59. The van der Waals surface area contributed by atoms with E-state index >= 15 is 0 Å². The van der Waals surface area contributed by atoms with Crippen molar-refractivity contribution in [3.05, 3.63) is 46.4 Å². The van der Waals surface area contributed by atoms with Crippen LogP contribution in [0.2, 0.25) is 0 Å². The first-order chi connectivity index (χ1) is 11.9. The van der Waals surface area contributed by atoms with Gasteiger partial charge in [0.1, 0.15) is 0 Å². The molecule has 1 aromatic heterocycles. The molecule has 130 valence electrons. The standard InChI is InChI=1S/C17H18N4O3S/c1-10-7-18-17-21(16(10)24)8-12(9-25-17)15(23)20-14-5-3-13(4-6-14)19-11(2)22/h3-7,12H,8-9H2,1-2H3,(H,19,22)(H,20,23). The molecule has 0 aliphatic carbocycles. The molecule has 1 aliphatic rings. The molecule has 8 heteroatoms. The predicted molar refractivity (Wildman–Crippen MR) is 96.8 cm³/mol. The normalized spacial score (nSPS) is 16.0. The van der Waals surface area contributed by atoms with Crippen LogP contribution in [0.5, 0.6) is 0 Å². The second-order valence-corrected chi connectivity index (χ2v) is 6.88. The molecule has 0 fully saturated rings. The van der Waals surface area contributed by atoms with Crippen molar-refractivity contribution >= 4 is 35.0 Å². The zero-order valence-corrected chi connectivity index (χ0v) is 14.7. The second kappa shape index (κ2) is 7.10. The average molecular weight is 358 g/mol. The number of nitrogens with one attached hydrogen (secondary N) is 2. The largest absolute Gasteiger partial charge is 0.326 e. The van der Waals surface area contributed by atoms with Gasteiger partial charge in [0, 0.05) is 42.4 Å². The van der Waals surface area contributed by atoms with Gasteiger partial charge in [-0.2, -0.15) is 0 Å². The van der Waals surface area contributed by atoms with Crippen LogP contribution >= 0.6 is 11.8 Å². The molecule has 0 saturated heterocycles. The Kier molecular flexibility index (Phi) is 4.89. The fourth-order valence-electron chi connectivity index (χ4n) is 2.54. The Morgan fingerprint density at radius 2 is 1.84 bits per heavy atom. The number of aryl methyl sites for hydroxylation is 1. The minimum absolute atomic E-state index is 0.102. The first-order valence-electron chi connectivity index (χ1n) is 7.82. The minimum Gasteiger partial charge on any atom is -0.326 e. The number of carbonyl (C=O) groups excluding carboxylic acids is 2. The summed E-state index contributed by atoms with van der Waals surface area (Å²) >= 11 is 1.41. The van der Waals surface area contributed by atoms with Crippen molar-refractivity contribution in [3.8, 4) is 0 Å². The number of anilines is 2. The van der Waals surface area contributed by atoms with Crippen LogP contribution in [0.3, 0.4) is 0 Å². The first kappa shape index (κ1) is 17.2. The molecule has 1 aromatic carbocycles. The Bertz CT molecular complexity index is 876. The maximum absolute atomic E-state index is 12.5. The van der Waals surface area contributed by atoms with E-state index in [-0.39, 0.29) is 23.3 Å². The van der Waals surface area contributed by atoms with E-state index in [9.17, 15) is 14.4 Å². The number of aromatic nitrogens is 2. The molecule has 7 nitrogen and oxygen atoms in total. The molecule has 1 unspecified atom stereocenters. The number of fused-ring (bicyclic) bond motifs is 1. The topological polar surface area (TPSA) is 93.1 Å². The maximum Gasteiger partial charge on any atom is 0.257 e. The fraction of sp³-hybridized carbons (Fsp3) is 0.294. The summed E-state index contributed by atoms with van der Waals surface area (Å²) in [5, 5.41) is 6.18. The van der Waals surface area contributed by atoms with Crippen LogP contribution in [0.4, 0.5) is 11.4 Å². The third kappa shape index (κ3) is 3.90. The molecule has 0 radical (unpaired) electrons. The number of rotatable bonds is 3. The minimum atomic E-state index is -0.311. The first-order valence-corrected chi connectivity index (χ1v) is 8.80.